The number of carbonyl (C=O) groups excluding carboxylic acids is 1. The van der Waals surface area contributed by atoms with E-state index in [9.17, 15) is 4.79 Å². The van der Waals surface area contributed by atoms with Crippen molar-refractivity contribution in [3.05, 3.63) is 35.4 Å². The maximum absolute atomic E-state index is 12.3. The lowest BCUT2D eigenvalue weighted by atomic mass is 10.1. The highest BCUT2D eigenvalue weighted by molar-refractivity contribution is 5.94. The number of benzene rings is 1. The van der Waals surface area contributed by atoms with Gasteiger partial charge in [0.05, 0.1) is 0 Å². The lowest BCUT2D eigenvalue weighted by Crippen LogP contribution is -2.43. The fourth-order valence-corrected chi connectivity index (χ4v) is 3.15. The van der Waals surface area contributed by atoms with E-state index in [2.05, 4.69) is 34.3 Å². The summed E-state index contributed by atoms with van der Waals surface area (Å²) in [5.41, 5.74) is 7.75. The van der Waals surface area contributed by atoms with Gasteiger partial charge in [-0.15, -0.1) is 24.8 Å². The molecule has 2 aliphatic rings. The van der Waals surface area contributed by atoms with Crippen molar-refractivity contribution in [1.82, 2.24) is 15.1 Å². The Balaban J connectivity index is 0.00000156. The number of amides is 1. The van der Waals surface area contributed by atoms with Crippen molar-refractivity contribution in [3.63, 3.8) is 0 Å². The average Bonchev–Trinajstić information content (AvgIpc) is 3.40. The zero-order valence-electron chi connectivity index (χ0n) is 14.8. The third kappa shape index (κ3) is 6.42. The number of nitrogens with zero attached hydrogens (tertiary/aromatic N) is 2. The minimum absolute atomic E-state index is 0. The third-order valence-corrected chi connectivity index (χ3v) is 4.98. The number of likely N-dealkylation sites (N-methyl/N-ethyl adjacent to an activating group) is 1. The topological polar surface area (TPSA) is 61.6 Å². The summed E-state index contributed by atoms with van der Waals surface area (Å²) in [6.07, 6.45) is 2.37. The molecule has 1 aromatic rings. The van der Waals surface area contributed by atoms with Crippen LogP contribution < -0.4 is 11.1 Å². The van der Waals surface area contributed by atoms with Crippen LogP contribution in [0, 0.1) is 5.92 Å². The summed E-state index contributed by atoms with van der Waals surface area (Å²) < 4.78 is 0. The molecule has 25 heavy (non-hydrogen) atoms. The van der Waals surface area contributed by atoms with Crippen molar-refractivity contribution >= 4 is 30.7 Å². The van der Waals surface area contributed by atoms with Crippen molar-refractivity contribution < 1.29 is 4.79 Å². The molecule has 1 atom stereocenters. The van der Waals surface area contributed by atoms with E-state index in [-0.39, 0.29) is 36.8 Å². The van der Waals surface area contributed by atoms with E-state index < -0.39 is 0 Å². The van der Waals surface area contributed by atoms with Crippen LogP contribution in [-0.2, 0) is 6.54 Å². The van der Waals surface area contributed by atoms with E-state index in [1.165, 1.54) is 18.4 Å². The molecule has 3 N–H and O–H groups in total. The second-order valence-corrected chi connectivity index (χ2v) is 6.93. The zero-order chi connectivity index (χ0) is 16.2. The predicted molar refractivity (Wildman–Crippen MR) is 107 cm³/mol. The Kier molecular flexibility index (Phi) is 9.17. The minimum Gasteiger partial charge on any atom is -0.348 e. The van der Waals surface area contributed by atoms with Crippen LogP contribution in [0.15, 0.2) is 24.3 Å². The van der Waals surface area contributed by atoms with Gasteiger partial charge < -0.3 is 16.0 Å². The molecule has 1 unspecified atom stereocenters. The van der Waals surface area contributed by atoms with Gasteiger partial charge in [0.15, 0.2) is 0 Å². The highest BCUT2D eigenvalue weighted by Crippen LogP contribution is 2.32. The fraction of sp³-hybridized carbons (Fsp3) is 0.611. The minimum atomic E-state index is -0.00139. The number of rotatable bonds is 6. The van der Waals surface area contributed by atoms with Crippen LogP contribution in [0.5, 0.6) is 0 Å². The number of carbonyl (C=O) groups is 1. The van der Waals surface area contributed by atoms with Crippen LogP contribution in [0.25, 0.3) is 0 Å². The maximum atomic E-state index is 12.3. The number of piperazine rings is 1. The molecule has 1 heterocycles. The molecule has 0 aromatic heterocycles. The Morgan fingerprint density at radius 1 is 1.16 bits per heavy atom. The molecule has 0 spiro atoms. The first-order valence-electron chi connectivity index (χ1n) is 8.66. The average molecular weight is 389 g/mol. The second kappa shape index (κ2) is 10.3. The van der Waals surface area contributed by atoms with Gasteiger partial charge in [0.25, 0.3) is 5.91 Å². The molecule has 2 fully saturated rings. The first-order chi connectivity index (χ1) is 11.2. The summed E-state index contributed by atoms with van der Waals surface area (Å²) in [5, 5.41) is 3.07. The van der Waals surface area contributed by atoms with Gasteiger partial charge in [0.2, 0.25) is 0 Å². The van der Waals surface area contributed by atoms with E-state index in [1.807, 2.05) is 12.1 Å². The number of nitrogens with two attached hydrogens (primary N) is 1. The summed E-state index contributed by atoms with van der Waals surface area (Å²) in [7, 11) is 2.17. The van der Waals surface area contributed by atoms with Gasteiger partial charge in [-0.1, -0.05) is 12.1 Å². The first kappa shape index (κ1) is 22.2. The Hall–Kier alpha value is -0.850. The number of halogens is 2. The van der Waals surface area contributed by atoms with Crippen molar-refractivity contribution in [3.8, 4) is 0 Å². The SMILES string of the molecule is CN1CCN(Cc2ccc(C(=O)NC(CN)C3CC3)cc2)CC1.Cl.Cl. The molecular formula is C18H30Cl2N4O. The molecule has 1 aliphatic heterocycles. The summed E-state index contributed by atoms with van der Waals surface area (Å²) in [5.74, 6) is 0.582. The standard InChI is InChI=1S/C18H28N4O.2ClH/c1-21-8-10-22(11-9-21)13-14-2-4-16(5-3-14)18(23)20-17(12-19)15-6-7-15;;/h2-5,15,17H,6-13,19H2,1H3,(H,20,23);2*1H. The van der Waals surface area contributed by atoms with Crippen LogP contribution in [0.4, 0.5) is 0 Å². The van der Waals surface area contributed by atoms with Crippen LogP contribution >= 0.6 is 24.8 Å². The van der Waals surface area contributed by atoms with E-state index in [0.29, 0.717) is 12.5 Å². The molecule has 1 aromatic carbocycles. The molecule has 0 radical (unpaired) electrons. The van der Waals surface area contributed by atoms with Gasteiger partial charge in [-0.3, -0.25) is 9.69 Å². The van der Waals surface area contributed by atoms with Crippen molar-refractivity contribution in [1.29, 1.82) is 0 Å². The molecule has 142 valence electrons. The van der Waals surface area contributed by atoms with Crippen molar-refractivity contribution in [2.45, 2.75) is 25.4 Å². The van der Waals surface area contributed by atoms with E-state index in [4.69, 9.17) is 5.73 Å². The molecule has 1 aliphatic carbocycles. The monoisotopic (exact) mass is 388 g/mol. The molecule has 5 nitrogen and oxygen atoms in total. The van der Waals surface area contributed by atoms with E-state index in [1.54, 1.807) is 0 Å². The van der Waals surface area contributed by atoms with Gasteiger partial charge in [0.1, 0.15) is 0 Å². The summed E-state index contributed by atoms with van der Waals surface area (Å²) in [4.78, 5) is 17.1. The molecule has 1 saturated carbocycles. The highest BCUT2D eigenvalue weighted by atomic mass is 35.5. The lowest BCUT2D eigenvalue weighted by molar-refractivity contribution is 0.0933. The summed E-state index contributed by atoms with van der Waals surface area (Å²) in [6.45, 7) is 5.96. The number of nitrogens with one attached hydrogen (secondary N) is 1. The molecule has 3 rings (SSSR count). The lowest BCUT2D eigenvalue weighted by Gasteiger charge is -2.32. The largest absolute Gasteiger partial charge is 0.348 e. The Morgan fingerprint density at radius 3 is 2.28 bits per heavy atom. The second-order valence-electron chi connectivity index (χ2n) is 6.93. The molecule has 7 heteroatoms. The van der Waals surface area contributed by atoms with Crippen molar-refractivity contribution in [2.75, 3.05) is 39.8 Å². The highest BCUT2D eigenvalue weighted by Gasteiger charge is 2.31. The number of hydrogen-bond donors (Lipinski definition) is 2. The van der Waals surface area contributed by atoms with Crippen LogP contribution in [-0.4, -0.2) is 61.5 Å². The fourth-order valence-electron chi connectivity index (χ4n) is 3.15. The van der Waals surface area contributed by atoms with Gasteiger partial charge >= 0.3 is 0 Å². The zero-order valence-corrected chi connectivity index (χ0v) is 16.5. The Labute approximate surface area is 163 Å². The van der Waals surface area contributed by atoms with Gasteiger partial charge in [0, 0.05) is 50.9 Å². The normalized spacial score (nSPS) is 19.4. The van der Waals surface area contributed by atoms with Gasteiger partial charge in [-0.2, -0.15) is 0 Å². The molecule has 1 amide bonds. The van der Waals surface area contributed by atoms with Crippen molar-refractivity contribution in [2.24, 2.45) is 11.7 Å². The van der Waals surface area contributed by atoms with Gasteiger partial charge in [-0.05, 0) is 43.5 Å². The Bertz CT molecular complexity index is 528. The Morgan fingerprint density at radius 2 is 1.76 bits per heavy atom. The predicted octanol–water partition coefficient (Wildman–Crippen LogP) is 1.74. The molecule has 1 saturated heterocycles. The van der Waals surface area contributed by atoms with Crippen LogP contribution in [0.1, 0.15) is 28.8 Å². The van der Waals surface area contributed by atoms with Crippen LogP contribution in [0.2, 0.25) is 0 Å². The van der Waals surface area contributed by atoms with Gasteiger partial charge in [-0.25, -0.2) is 0 Å². The maximum Gasteiger partial charge on any atom is 0.251 e. The first-order valence-corrected chi connectivity index (χ1v) is 8.66. The molecule has 0 bridgehead atoms. The molecular weight excluding hydrogens is 359 g/mol. The summed E-state index contributed by atoms with van der Waals surface area (Å²) >= 11 is 0. The summed E-state index contributed by atoms with van der Waals surface area (Å²) in [6, 6.07) is 8.14. The quantitative estimate of drug-likeness (QED) is 0.778. The van der Waals surface area contributed by atoms with E-state index >= 15 is 0 Å². The number of hydrogen-bond acceptors (Lipinski definition) is 4. The van der Waals surface area contributed by atoms with Crippen LogP contribution in [0.3, 0.4) is 0 Å². The van der Waals surface area contributed by atoms with E-state index in [0.717, 1.165) is 38.3 Å². The smallest absolute Gasteiger partial charge is 0.251 e. The third-order valence-electron chi connectivity index (χ3n) is 4.98.